The molecule has 0 radical (unpaired) electrons. The largest absolute Gasteiger partial charge is 0.493 e. The van der Waals surface area contributed by atoms with Crippen molar-refractivity contribution in [1.29, 1.82) is 0 Å². The summed E-state index contributed by atoms with van der Waals surface area (Å²) < 4.78 is 34.5. The van der Waals surface area contributed by atoms with Gasteiger partial charge in [-0.3, -0.25) is 9.69 Å². The second-order valence-electron chi connectivity index (χ2n) is 8.26. The van der Waals surface area contributed by atoms with Crippen molar-refractivity contribution < 1.29 is 28.1 Å². The third-order valence-corrected chi connectivity index (χ3v) is 6.37. The zero-order chi connectivity index (χ0) is 25.0. The highest BCUT2D eigenvalue weighted by atomic mass is 79.9. The van der Waals surface area contributed by atoms with Crippen LogP contribution in [0.2, 0.25) is 0 Å². The molecule has 2 aromatic rings. The van der Waals surface area contributed by atoms with Crippen LogP contribution in [0.15, 0.2) is 34.8 Å². The lowest BCUT2D eigenvalue weighted by atomic mass is 9.98. The number of amides is 1. The molecule has 0 spiro atoms. The molecule has 35 heavy (non-hydrogen) atoms. The third kappa shape index (κ3) is 8.08. The van der Waals surface area contributed by atoms with Crippen LogP contribution in [-0.2, 0) is 17.7 Å². The van der Waals surface area contributed by atoms with Crippen LogP contribution >= 0.6 is 15.9 Å². The maximum atomic E-state index is 12.7. The van der Waals surface area contributed by atoms with E-state index >= 15 is 0 Å². The number of hydrogen-bond donors (Lipinski definition) is 1. The van der Waals surface area contributed by atoms with E-state index in [4.69, 9.17) is 18.9 Å². The second-order valence-corrected chi connectivity index (χ2v) is 9.17. The number of ether oxygens (including phenoxy) is 4. The van der Waals surface area contributed by atoms with Gasteiger partial charge in [-0.1, -0.05) is 15.9 Å². The summed E-state index contributed by atoms with van der Waals surface area (Å²) in [4.78, 5) is 15.2. The van der Waals surface area contributed by atoms with Crippen molar-refractivity contribution in [2.75, 3.05) is 60.3 Å². The van der Waals surface area contributed by atoms with Gasteiger partial charge >= 0.3 is 0 Å². The number of unbranched alkanes of at least 4 members (excludes halogenated alkanes) is 1. The second kappa shape index (κ2) is 14.3. The molecule has 1 amide bonds. The van der Waals surface area contributed by atoms with Crippen LogP contribution in [-0.4, -0.2) is 71.2 Å². The van der Waals surface area contributed by atoms with Gasteiger partial charge < -0.3 is 24.3 Å². The number of benzene rings is 2. The van der Waals surface area contributed by atoms with Crippen LogP contribution in [0.25, 0.3) is 0 Å². The normalized spacial score (nSPS) is 13.3. The molecule has 2 aromatic carbocycles. The lowest BCUT2D eigenvalue weighted by molar-refractivity contribution is 0.0872. The van der Waals surface area contributed by atoms with Crippen LogP contribution in [0.1, 0.15) is 34.3 Å². The third-order valence-electron chi connectivity index (χ3n) is 5.88. The Hall–Kier alpha value is -2.36. The van der Waals surface area contributed by atoms with Gasteiger partial charge in [0, 0.05) is 24.1 Å². The number of nitrogens with one attached hydrogen (secondary N) is 1. The maximum absolute atomic E-state index is 12.7. The van der Waals surface area contributed by atoms with Gasteiger partial charge in [0.1, 0.15) is 19.0 Å². The van der Waals surface area contributed by atoms with Gasteiger partial charge in [-0.25, -0.2) is 4.39 Å². The number of carbonyl (C=O) groups excluding carboxylic acids is 1. The molecule has 0 aromatic heterocycles. The molecule has 1 N–H and O–H groups in total. The van der Waals surface area contributed by atoms with Crippen molar-refractivity contribution >= 4 is 21.8 Å². The van der Waals surface area contributed by atoms with Crippen LogP contribution in [0.5, 0.6) is 17.2 Å². The van der Waals surface area contributed by atoms with Gasteiger partial charge in [-0.15, -0.1) is 0 Å². The maximum Gasteiger partial charge on any atom is 0.255 e. The van der Waals surface area contributed by atoms with Crippen LogP contribution < -0.4 is 19.5 Å². The molecule has 192 valence electrons. The minimum Gasteiger partial charge on any atom is -0.493 e. The fraction of sp³-hybridized carbons (Fsp3) is 0.500. The van der Waals surface area contributed by atoms with E-state index in [1.165, 1.54) is 11.1 Å². The molecule has 0 fully saturated rings. The summed E-state index contributed by atoms with van der Waals surface area (Å²) in [6, 6.07) is 9.45. The molecular weight excluding hydrogens is 518 g/mol. The number of nitrogens with zero attached hydrogens (tertiary/aromatic N) is 1. The van der Waals surface area contributed by atoms with Gasteiger partial charge in [0.25, 0.3) is 5.91 Å². The van der Waals surface area contributed by atoms with E-state index in [0.29, 0.717) is 17.9 Å². The smallest absolute Gasteiger partial charge is 0.255 e. The highest BCUT2D eigenvalue weighted by Crippen LogP contribution is 2.33. The number of methoxy groups -OCH3 is 2. The fourth-order valence-electron chi connectivity index (χ4n) is 4.06. The Morgan fingerprint density at radius 3 is 2.54 bits per heavy atom. The van der Waals surface area contributed by atoms with Crippen LogP contribution in [0.3, 0.4) is 0 Å². The minimum absolute atomic E-state index is 0.0456. The van der Waals surface area contributed by atoms with Gasteiger partial charge in [-0.05, 0) is 67.3 Å². The van der Waals surface area contributed by atoms with Crippen molar-refractivity contribution in [1.82, 2.24) is 10.2 Å². The molecule has 0 saturated heterocycles. The Labute approximate surface area is 215 Å². The minimum atomic E-state index is -0.527. The Morgan fingerprint density at radius 2 is 1.80 bits per heavy atom. The number of halogens is 2. The van der Waals surface area contributed by atoms with Crippen molar-refractivity contribution in [2.24, 2.45) is 0 Å². The first kappa shape index (κ1) is 27.2. The summed E-state index contributed by atoms with van der Waals surface area (Å²) >= 11 is 3.41. The van der Waals surface area contributed by atoms with Crippen molar-refractivity contribution in [3.63, 3.8) is 0 Å². The van der Waals surface area contributed by atoms with Gasteiger partial charge in [0.15, 0.2) is 11.5 Å². The molecule has 0 unspecified atom stereocenters. The predicted octanol–water partition coefficient (Wildman–Crippen LogP) is 4.40. The first-order valence-electron chi connectivity index (χ1n) is 11.9. The zero-order valence-electron chi connectivity index (χ0n) is 20.4. The van der Waals surface area contributed by atoms with Crippen molar-refractivity contribution in [3.8, 4) is 17.2 Å². The summed E-state index contributed by atoms with van der Waals surface area (Å²) in [6.45, 7) is 3.47. The summed E-state index contributed by atoms with van der Waals surface area (Å²) in [5.74, 6) is 1.84. The molecule has 0 saturated carbocycles. The van der Waals surface area contributed by atoms with Gasteiger partial charge in [0.05, 0.1) is 33.0 Å². The molecule has 0 aliphatic carbocycles. The van der Waals surface area contributed by atoms with E-state index in [1.807, 2.05) is 6.07 Å². The molecule has 1 heterocycles. The van der Waals surface area contributed by atoms with E-state index in [0.717, 1.165) is 54.9 Å². The van der Waals surface area contributed by atoms with Crippen molar-refractivity contribution in [3.05, 3.63) is 51.5 Å². The first-order valence-corrected chi connectivity index (χ1v) is 12.7. The SMILES string of the molecule is COc1cc2c(cc1OC)CN(CCCCNC(=O)c1cc(Br)ccc1OCCOCC[18F])CC2. The number of carbonyl (C=O) groups is 1. The molecule has 0 bridgehead atoms. The highest BCUT2D eigenvalue weighted by molar-refractivity contribution is 9.10. The topological polar surface area (TPSA) is 69.3 Å². The van der Waals surface area contributed by atoms with E-state index < -0.39 is 6.67 Å². The van der Waals surface area contributed by atoms with E-state index in [-0.39, 0.29) is 25.7 Å². The highest BCUT2D eigenvalue weighted by Gasteiger charge is 2.19. The lowest BCUT2D eigenvalue weighted by Crippen LogP contribution is -2.32. The standard InChI is InChI=1S/C26H34BrFN2O5/c1-32-24-15-19-7-11-30(18-20(19)16-25(24)33-2)10-4-3-9-29-26(31)22-17-21(27)5-6-23(22)35-14-13-34-12-8-28/h5-6,15-17H,3-4,7-14,18H2,1-2H3,(H,29,31)/i28-1. The average Bonchev–Trinajstić information content (AvgIpc) is 2.87. The van der Waals surface area contributed by atoms with Crippen molar-refractivity contribution in [2.45, 2.75) is 25.8 Å². The molecule has 0 atom stereocenters. The summed E-state index contributed by atoms with van der Waals surface area (Å²) in [5.41, 5.74) is 3.05. The van der Waals surface area contributed by atoms with Crippen LogP contribution in [0, 0.1) is 0 Å². The van der Waals surface area contributed by atoms with Gasteiger partial charge in [0.2, 0.25) is 0 Å². The monoisotopic (exact) mass is 551 g/mol. The number of rotatable bonds is 14. The molecule has 7 nitrogen and oxygen atoms in total. The number of hydrogen-bond acceptors (Lipinski definition) is 6. The predicted molar refractivity (Wildman–Crippen MR) is 137 cm³/mol. The number of fused-ring (bicyclic) bond motifs is 1. The van der Waals surface area contributed by atoms with Crippen LogP contribution in [0.4, 0.5) is 4.39 Å². The zero-order valence-corrected chi connectivity index (χ0v) is 22.0. The summed E-state index contributed by atoms with van der Waals surface area (Å²) in [6.07, 6.45) is 2.84. The Bertz CT molecular complexity index is 975. The fourth-order valence-corrected chi connectivity index (χ4v) is 4.42. The molecule has 1 aliphatic rings. The summed E-state index contributed by atoms with van der Waals surface area (Å²) in [7, 11) is 3.32. The van der Waals surface area contributed by atoms with E-state index in [9.17, 15) is 9.18 Å². The number of alkyl halides is 1. The van der Waals surface area contributed by atoms with E-state index in [1.54, 1.807) is 26.4 Å². The first-order chi connectivity index (χ1) is 17.0. The average molecular weight is 552 g/mol. The quantitative estimate of drug-likeness (QED) is 0.351. The molecule has 3 rings (SSSR count). The Balaban J connectivity index is 1.42. The van der Waals surface area contributed by atoms with E-state index in [2.05, 4.69) is 38.3 Å². The Morgan fingerprint density at radius 1 is 1.03 bits per heavy atom. The summed E-state index contributed by atoms with van der Waals surface area (Å²) in [5, 5.41) is 2.99. The van der Waals surface area contributed by atoms with Gasteiger partial charge in [-0.2, -0.15) is 0 Å². The molecule has 9 heteroatoms. The molecule has 1 aliphatic heterocycles. The molecular formula is C26H34BrFN2O5. The lowest BCUT2D eigenvalue weighted by Gasteiger charge is -2.29. The Kier molecular flexibility index (Phi) is 11.1.